The van der Waals surface area contributed by atoms with E-state index < -0.39 is 7.14 Å². The average Bonchev–Trinajstić information content (AvgIpc) is 3.19. The second kappa shape index (κ2) is 15.7. The third kappa shape index (κ3) is 7.33. The first-order valence-electron chi connectivity index (χ1n) is 18.2. The molecule has 0 atom stereocenters. The minimum Gasteiger partial charge on any atom is -0.311 e. The van der Waals surface area contributed by atoms with Crippen LogP contribution in [-0.2, 0) is 24.7 Å². The molecule has 9 aromatic rings. The van der Waals surface area contributed by atoms with E-state index in [9.17, 15) is 0 Å². The van der Waals surface area contributed by atoms with E-state index in [1.54, 1.807) is 0 Å². The standard InChI is InChI=1S/C30H20OP.C20H20N.Ir/c31-32(28-16-13-22-7-1-4-10-25(22)19-28,29-17-14-23-8-2-5-11-26(23)20-29)30-18-15-24-9-3-6-12-27(24)21-30;1-13(2)17-6-5-16-7-8-21-20(19(16)12-17)18-10-14(3)9-15(4)11-18;/h1-17,19-21H;5-10,12-13H,1-4H3;/q2*-1;. The molecule has 267 valence electrons. The predicted octanol–water partition coefficient (Wildman–Crippen LogP) is 12.0. The van der Waals surface area contributed by atoms with Crippen molar-refractivity contribution in [2.45, 2.75) is 33.6 Å². The molecule has 4 heteroatoms. The van der Waals surface area contributed by atoms with Gasteiger partial charge in [-0.25, -0.2) is 0 Å². The normalized spacial score (nSPS) is 11.4. The van der Waals surface area contributed by atoms with E-state index in [2.05, 4.69) is 142 Å². The number of rotatable bonds is 5. The van der Waals surface area contributed by atoms with Crippen LogP contribution in [0.4, 0.5) is 0 Å². The van der Waals surface area contributed by atoms with Gasteiger partial charge in [-0.15, -0.1) is 51.7 Å². The molecule has 0 N–H and O–H groups in total. The molecular weight excluding hydrogens is 854 g/mol. The summed E-state index contributed by atoms with van der Waals surface area (Å²) >= 11 is 0. The summed E-state index contributed by atoms with van der Waals surface area (Å²) < 4.78 is 15.1. The Morgan fingerprint density at radius 1 is 0.574 bits per heavy atom. The minimum absolute atomic E-state index is 0. The fourth-order valence-electron chi connectivity index (χ4n) is 7.25. The molecule has 0 saturated carbocycles. The molecule has 2 nitrogen and oxygen atoms in total. The fourth-order valence-corrected chi connectivity index (χ4v) is 9.88. The molecular formula is C50H40IrNOP-2. The molecule has 9 rings (SSSR count). The van der Waals surface area contributed by atoms with Gasteiger partial charge < -0.3 is 9.55 Å². The van der Waals surface area contributed by atoms with Crippen molar-refractivity contribution < 1.29 is 24.7 Å². The van der Waals surface area contributed by atoms with Crippen LogP contribution in [0.5, 0.6) is 0 Å². The molecule has 0 amide bonds. The molecule has 0 bridgehead atoms. The van der Waals surface area contributed by atoms with E-state index in [0.29, 0.717) is 5.92 Å². The smallest absolute Gasteiger partial charge is 0.147 e. The van der Waals surface area contributed by atoms with Crippen molar-refractivity contribution in [1.29, 1.82) is 0 Å². The Morgan fingerprint density at radius 2 is 1.13 bits per heavy atom. The molecule has 0 aliphatic rings. The van der Waals surface area contributed by atoms with Gasteiger partial charge in [-0.05, 0) is 67.7 Å². The van der Waals surface area contributed by atoms with Crippen molar-refractivity contribution in [2.75, 3.05) is 0 Å². The molecule has 0 aliphatic carbocycles. The van der Waals surface area contributed by atoms with E-state index in [0.717, 1.165) is 65.1 Å². The second-order valence-corrected chi connectivity index (χ2v) is 16.9. The molecule has 54 heavy (non-hydrogen) atoms. The first kappa shape index (κ1) is 37.2. The van der Waals surface area contributed by atoms with Crippen LogP contribution in [0.25, 0.3) is 54.3 Å². The van der Waals surface area contributed by atoms with Crippen molar-refractivity contribution in [3.05, 3.63) is 193 Å². The second-order valence-electron chi connectivity index (χ2n) is 14.2. The zero-order chi connectivity index (χ0) is 36.5. The number of pyridine rings is 1. The Balaban J connectivity index is 0.000000178. The first-order chi connectivity index (χ1) is 25.8. The van der Waals surface area contributed by atoms with Gasteiger partial charge in [0.2, 0.25) is 0 Å². The number of hydrogen-bond acceptors (Lipinski definition) is 2. The third-order valence-electron chi connectivity index (χ3n) is 10.1. The van der Waals surface area contributed by atoms with Gasteiger partial charge in [0.15, 0.2) is 0 Å². The third-order valence-corrected chi connectivity index (χ3v) is 13.0. The topological polar surface area (TPSA) is 30.0 Å². The van der Waals surface area contributed by atoms with Gasteiger partial charge in [0.1, 0.15) is 7.14 Å². The summed E-state index contributed by atoms with van der Waals surface area (Å²) in [6.45, 7) is 8.65. The summed E-state index contributed by atoms with van der Waals surface area (Å²) in [5, 5.41) is 11.5. The van der Waals surface area contributed by atoms with Gasteiger partial charge in [-0.2, -0.15) is 18.2 Å². The van der Waals surface area contributed by atoms with Gasteiger partial charge >= 0.3 is 0 Å². The summed E-state index contributed by atoms with van der Waals surface area (Å²) in [6, 6.07) is 60.8. The number of fused-ring (bicyclic) bond motifs is 4. The van der Waals surface area contributed by atoms with Gasteiger partial charge in [-0.3, -0.25) is 0 Å². The van der Waals surface area contributed by atoms with Crippen molar-refractivity contribution in [3.63, 3.8) is 0 Å². The van der Waals surface area contributed by atoms with Crippen molar-refractivity contribution in [2.24, 2.45) is 0 Å². The molecule has 1 aromatic heterocycles. The van der Waals surface area contributed by atoms with Crippen molar-refractivity contribution in [1.82, 2.24) is 4.98 Å². The van der Waals surface area contributed by atoms with Gasteiger partial charge in [0.05, 0.1) is 0 Å². The van der Waals surface area contributed by atoms with E-state index in [1.807, 2.05) is 66.9 Å². The number of aryl methyl sites for hydroxylation is 2. The van der Waals surface area contributed by atoms with Gasteiger partial charge in [-0.1, -0.05) is 142 Å². The van der Waals surface area contributed by atoms with Crippen LogP contribution in [-0.4, -0.2) is 4.98 Å². The molecule has 1 radical (unpaired) electrons. The minimum atomic E-state index is -3.15. The fraction of sp³-hybridized carbons (Fsp3) is 0.100. The van der Waals surface area contributed by atoms with E-state index in [1.165, 1.54) is 21.9 Å². The van der Waals surface area contributed by atoms with E-state index in [-0.39, 0.29) is 20.1 Å². The molecule has 0 fully saturated rings. The number of hydrogen-bond donors (Lipinski definition) is 0. The Morgan fingerprint density at radius 3 is 1.72 bits per heavy atom. The molecule has 0 spiro atoms. The number of benzene rings is 8. The van der Waals surface area contributed by atoms with Crippen LogP contribution in [0.15, 0.2) is 164 Å². The molecule has 0 unspecified atom stereocenters. The Bertz CT molecular complexity index is 2620. The molecule has 8 aromatic carbocycles. The summed E-state index contributed by atoms with van der Waals surface area (Å²) in [5.74, 6) is 0.519. The number of aromatic nitrogens is 1. The summed E-state index contributed by atoms with van der Waals surface area (Å²) in [6.07, 6.45) is 1.89. The maximum atomic E-state index is 15.1. The Kier molecular flexibility index (Phi) is 10.8. The maximum absolute atomic E-state index is 15.1. The average molecular weight is 894 g/mol. The quantitative estimate of drug-likeness (QED) is 0.127. The summed E-state index contributed by atoms with van der Waals surface area (Å²) in [5.41, 5.74) is 5.87. The van der Waals surface area contributed by atoms with Gasteiger partial charge in [0.25, 0.3) is 0 Å². The SMILES string of the molecule is Cc1[c-]c(-c2nccc3ccc(C(C)C)cc23)cc(C)c1.O=P(c1[c-]cc2ccccc2c1)(c1ccc2ccccc2c1)c1ccc2ccccc2c1.[Ir]. The summed E-state index contributed by atoms with van der Waals surface area (Å²) in [7, 11) is -3.15. The first-order valence-corrected chi connectivity index (χ1v) is 19.9. The van der Waals surface area contributed by atoms with Crippen LogP contribution in [0.2, 0.25) is 0 Å². The zero-order valence-electron chi connectivity index (χ0n) is 30.8. The van der Waals surface area contributed by atoms with Crippen molar-refractivity contribution in [3.8, 4) is 11.3 Å². The van der Waals surface area contributed by atoms with Crippen LogP contribution >= 0.6 is 7.14 Å². The van der Waals surface area contributed by atoms with Crippen LogP contribution in [0.1, 0.15) is 36.5 Å². The number of nitrogens with zero attached hydrogens (tertiary/aromatic N) is 1. The molecule has 0 aliphatic heterocycles. The van der Waals surface area contributed by atoms with Crippen molar-refractivity contribution >= 4 is 66.1 Å². The monoisotopic (exact) mass is 894 g/mol. The zero-order valence-corrected chi connectivity index (χ0v) is 34.1. The Labute approximate surface area is 331 Å². The van der Waals surface area contributed by atoms with E-state index >= 15 is 4.57 Å². The van der Waals surface area contributed by atoms with Crippen LogP contribution < -0.4 is 15.9 Å². The Hall–Kier alpha value is -5.17. The predicted molar refractivity (Wildman–Crippen MR) is 227 cm³/mol. The maximum Gasteiger partial charge on any atom is 0.147 e. The van der Waals surface area contributed by atoms with Crippen LogP contribution in [0.3, 0.4) is 0 Å². The molecule has 0 saturated heterocycles. The van der Waals surface area contributed by atoms with Crippen LogP contribution in [0, 0.1) is 26.0 Å². The van der Waals surface area contributed by atoms with E-state index in [4.69, 9.17) is 0 Å². The molecule has 1 heterocycles. The van der Waals surface area contributed by atoms with Gasteiger partial charge in [0, 0.05) is 36.9 Å². The largest absolute Gasteiger partial charge is 0.311 e. The summed E-state index contributed by atoms with van der Waals surface area (Å²) in [4.78, 5) is 4.63.